The van der Waals surface area contributed by atoms with Crippen molar-refractivity contribution in [1.29, 1.82) is 0 Å². The lowest BCUT2D eigenvalue weighted by molar-refractivity contribution is -0.678. The van der Waals surface area contributed by atoms with Gasteiger partial charge in [0.05, 0.1) is 13.3 Å². The number of hydrogen-bond acceptors (Lipinski definition) is 4. The summed E-state index contributed by atoms with van der Waals surface area (Å²) in [5.74, 6) is 0.525. The second-order valence-electron chi connectivity index (χ2n) is 3.06. The summed E-state index contributed by atoms with van der Waals surface area (Å²) in [6, 6.07) is 4.99. The summed E-state index contributed by atoms with van der Waals surface area (Å²) in [5, 5.41) is 19.9. The van der Waals surface area contributed by atoms with Crippen LogP contribution in [0, 0.1) is 0 Å². The number of H-pyrrole nitrogens is 1. The molecule has 1 aromatic carbocycles. The van der Waals surface area contributed by atoms with Crippen LogP contribution in [0.5, 0.6) is 11.5 Å². The highest BCUT2D eigenvalue weighted by Crippen LogP contribution is 2.25. The van der Waals surface area contributed by atoms with Crippen molar-refractivity contribution in [3.63, 3.8) is 0 Å². The van der Waals surface area contributed by atoms with Gasteiger partial charge in [-0.05, 0) is 23.8 Å². The zero-order chi connectivity index (χ0) is 11.4. The van der Waals surface area contributed by atoms with Gasteiger partial charge >= 0.3 is 0 Å². The summed E-state index contributed by atoms with van der Waals surface area (Å²) < 4.78 is 6.51. The molecule has 0 saturated heterocycles. The third-order valence-electron chi connectivity index (χ3n) is 1.98. The third kappa shape index (κ3) is 2.17. The Labute approximate surface area is 91.8 Å². The number of methoxy groups -OCH3 is 1. The Morgan fingerprint density at radius 3 is 3.12 bits per heavy atom. The fourth-order valence-electron chi connectivity index (χ4n) is 1.19. The van der Waals surface area contributed by atoms with E-state index in [-0.39, 0.29) is 5.75 Å². The van der Waals surface area contributed by atoms with E-state index in [2.05, 4.69) is 15.3 Å². The number of benzene rings is 1. The third-order valence-corrected chi connectivity index (χ3v) is 1.98. The molecule has 16 heavy (non-hydrogen) atoms. The second kappa shape index (κ2) is 4.43. The van der Waals surface area contributed by atoms with Crippen molar-refractivity contribution < 1.29 is 14.5 Å². The minimum Gasteiger partial charge on any atom is -0.504 e. The van der Waals surface area contributed by atoms with Crippen LogP contribution in [-0.2, 0) is 0 Å². The summed E-state index contributed by atoms with van der Waals surface area (Å²) in [7, 11) is 1.50. The van der Waals surface area contributed by atoms with Crippen molar-refractivity contribution in [3.05, 3.63) is 36.4 Å². The maximum Gasteiger partial charge on any atom is 0.288 e. The van der Waals surface area contributed by atoms with Crippen LogP contribution in [0.4, 0.5) is 0 Å². The number of ether oxygens (including phenoxy) is 1. The number of phenols is 1. The number of aromatic hydroxyl groups is 1. The topological polar surface area (TPSA) is 74.4 Å². The normalized spacial score (nSPS) is 10.8. The molecule has 0 aliphatic carbocycles. The van der Waals surface area contributed by atoms with Crippen LogP contribution in [-0.4, -0.2) is 28.6 Å². The smallest absolute Gasteiger partial charge is 0.288 e. The summed E-state index contributed by atoms with van der Waals surface area (Å²) >= 11 is 0. The summed E-state index contributed by atoms with van der Waals surface area (Å²) in [5.41, 5.74) is 0.823. The van der Waals surface area contributed by atoms with Gasteiger partial charge in [0.15, 0.2) is 11.5 Å². The Morgan fingerprint density at radius 1 is 1.56 bits per heavy atom. The first-order chi connectivity index (χ1) is 7.79. The highest BCUT2D eigenvalue weighted by Gasteiger charge is 2.01. The predicted octanol–water partition coefficient (Wildman–Crippen LogP) is 0.294. The molecule has 0 aliphatic heterocycles. The van der Waals surface area contributed by atoms with Crippen molar-refractivity contribution in [1.82, 2.24) is 10.2 Å². The molecule has 0 amide bonds. The van der Waals surface area contributed by atoms with Crippen LogP contribution in [0.1, 0.15) is 5.56 Å². The first-order valence-corrected chi connectivity index (χ1v) is 4.61. The Hall–Kier alpha value is -2.37. The van der Waals surface area contributed by atoms with Crippen LogP contribution < -0.4 is 9.41 Å². The molecule has 6 nitrogen and oxygen atoms in total. The highest BCUT2D eigenvalue weighted by atomic mass is 16.5. The van der Waals surface area contributed by atoms with Gasteiger partial charge in [-0.25, -0.2) is 0 Å². The Morgan fingerprint density at radius 2 is 2.44 bits per heavy atom. The molecule has 1 aromatic heterocycles. The van der Waals surface area contributed by atoms with Crippen LogP contribution in [0.3, 0.4) is 0 Å². The fraction of sp³-hybridized carbons (Fsp3) is 0.100. The van der Waals surface area contributed by atoms with Gasteiger partial charge < -0.3 is 9.84 Å². The number of phenolic OH excluding ortho intramolecular Hbond substituents is 1. The lowest BCUT2D eigenvalue weighted by Gasteiger charge is -2.02. The van der Waals surface area contributed by atoms with Gasteiger partial charge in [0.25, 0.3) is 6.33 Å². The van der Waals surface area contributed by atoms with E-state index in [1.807, 2.05) is 0 Å². The number of hydrogen-bond donors (Lipinski definition) is 2. The molecule has 0 radical (unpaired) electrons. The van der Waals surface area contributed by atoms with Gasteiger partial charge in [-0.2, -0.15) is 0 Å². The molecule has 0 atom stereocenters. The molecule has 0 bridgehead atoms. The van der Waals surface area contributed by atoms with Gasteiger partial charge in [0.2, 0.25) is 6.33 Å². The quantitative estimate of drug-likeness (QED) is 0.575. The van der Waals surface area contributed by atoms with Crippen molar-refractivity contribution in [2.75, 3.05) is 7.11 Å². The average Bonchev–Trinajstić information content (AvgIpc) is 2.81. The standard InChI is InChI=1S/C10H10N4O2/c1-16-10-4-8(2-3-9(10)15)5-13-14-6-11-12-7-14/h2-7H,1H3,(H,13,15)/p+1. The lowest BCUT2D eigenvalue weighted by atomic mass is 10.2. The zero-order valence-corrected chi connectivity index (χ0v) is 8.66. The van der Waals surface area contributed by atoms with Gasteiger partial charge in [-0.15, -0.1) is 14.9 Å². The number of nitrogens with zero attached hydrogens (tertiary/aromatic N) is 3. The van der Waals surface area contributed by atoms with Crippen molar-refractivity contribution in [2.45, 2.75) is 0 Å². The molecule has 2 N–H and O–H groups in total. The van der Waals surface area contributed by atoms with Crippen LogP contribution in [0.15, 0.2) is 36.0 Å². The molecular formula is C10H11N4O2+. The molecule has 82 valence electrons. The molecule has 0 aliphatic rings. The fourth-order valence-corrected chi connectivity index (χ4v) is 1.19. The number of rotatable bonds is 3. The van der Waals surface area contributed by atoms with Crippen LogP contribution >= 0.6 is 0 Å². The zero-order valence-electron chi connectivity index (χ0n) is 8.66. The number of nitrogens with one attached hydrogen (secondary N) is 1. The molecular weight excluding hydrogens is 208 g/mol. The molecule has 0 spiro atoms. The first kappa shape index (κ1) is 10.2. The molecule has 6 heteroatoms. The molecule has 0 fully saturated rings. The van der Waals surface area contributed by atoms with Gasteiger partial charge in [-0.1, -0.05) is 0 Å². The minimum atomic E-state index is 0.107. The second-order valence-corrected chi connectivity index (χ2v) is 3.06. The van der Waals surface area contributed by atoms with Crippen molar-refractivity contribution in [3.8, 4) is 11.5 Å². The van der Waals surface area contributed by atoms with Crippen LogP contribution in [0.2, 0.25) is 0 Å². The first-order valence-electron chi connectivity index (χ1n) is 4.61. The molecule has 2 rings (SSSR count). The number of aromatic amines is 1. The maximum atomic E-state index is 9.40. The summed E-state index contributed by atoms with van der Waals surface area (Å²) in [6.07, 6.45) is 4.78. The van der Waals surface area contributed by atoms with E-state index in [4.69, 9.17) is 4.74 Å². The van der Waals surface area contributed by atoms with E-state index in [9.17, 15) is 5.11 Å². The van der Waals surface area contributed by atoms with Crippen LogP contribution in [0.25, 0.3) is 0 Å². The molecule has 2 aromatic rings. The van der Waals surface area contributed by atoms with Crippen molar-refractivity contribution >= 4 is 6.21 Å². The Bertz CT molecular complexity index is 494. The minimum absolute atomic E-state index is 0.107. The van der Waals surface area contributed by atoms with E-state index >= 15 is 0 Å². The van der Waals surface area contributed by atoms with Gasteiger partial charge in [0.1, 0.15) is 0 Å². The van der Waals surface area contributed by atoms with E-state index < -0.39 is 0 Å². The SMILES string of the molecule is COc1cc(/C=N/[n+]2cn[nH]c2)ccc1O. The molecule has 0 saturated carbocycles. The largest absolute Gasteiger partial charge is 0.504 e. The van der Waals surface area contributed by atoms with E-state index in [1.54, 1.807) is 30.7 Å². The monoisotopic (exact) mass is 219 g/mol. The molecule has 0 unspecified atom stereocenters. The maximum absolute atomic E-state index is 9.40. The lowest BCUT2D eigenvalue weighted by Crippen LogP contribution is -2.23. The van der Waals surface area contributed by atoms with E-state index in [0.717, 1.165) is 5.56 Å². The Balaban J connectivity index is 2.22. The van der Waals surface area contributed by atoms with Gasteiger partial charge in [-0.3, -0.25) is 0 Å². The van der Waals surface area contributed by atoms with E-state index in [1.165, 1.54) is 18.1 Å². The predicted molar refractivity (Wildman–Crippen MR) is 56.4 cm³/mol. The average molecular weight is 219 g/mol. The summed E-state index contributed by atoms with van der Waals surface area (Å²) in [6.45, 7) is 0. The Kier molecular flexibility index (Phi) is 2.81. The van der Waals surface area contributed by atoms with Crippen molar-refractivity contribution in [2.24, 2.45) is 5.10 Å². The highest BCUT2D eigenvalue weighted by molar-refractivity contribution is 5.80. The van der Waals surface area contributed by atoms with E-state index in [0.29, 0.717) is 5.75 Å². The van der Waals surface area contributed by atoms with Gasteiger partial charge in [0, 0.05) is 5.10 Å². The molecule has 1 heterocycles. The summed E-state index contributed by atoms with van der Waals surface area (Å²) in [4.78, 5) is 0. The number of aromatic nitrogens is 3.